The van der Waals surface area contributed by atoms with Gasteiger partial charge in [0.05, 0.1) is 50.4 Å². The highest BCUT2D eigenvalue weighted by atomic mass is 79.9. The number of ether oxygens (including phenoxy) is 2. The Kier molecular flexibility index (Phi) is 11.6. The van der Waals surface area contributed by atoms with Crippen LogP contribution in [0.4, 0.5) is 0 Å². The molecule has 5 aromatic rings. The van der Waals surface area contributed by atoms with Gasteiger partial charge in [-0.25, -0.2) is 0 Å². The summed E-state index contributed by atoms with van der Waals surface area (Å²) in [5.74, 6) is 2.18. The highest BCUT2D eigenvalue weighted by Gasteiger charge is 2.56. The van der Waals surface area contributed by atoms with Crippen molar-refractivity contribution in [3.8, 4) is 0 Å². The van der Waals surface area contributed by atoms with Crippen molar-refractivity contribution in [3.63, 3.8) is 0 Å². The normalized spacial score (nSPS) is 29.6. The quantitative estimate of drug-likeness (QED) is 0.0733. The molecule has 304 valence electrons. The number of nitrogens with zero attached hydrogens (tertiary/aromatic N) is 4. The molecule has 0 aliphatic carbocycles. The van der Waals surface area contributed by atoms with Crippen molar-refractivity contribution in [1.29, 1.82) is 0 Å². The number of pyridine rings is 2. The number of para-hydroxylation sites is 2. The van der Waals surface area contributed by atoms with Crippen LogP contribution in [0.3, 0.4) is 0 Å². The maximum absolute atomic E-state index is 6.91. The summed E-state index contributed by atoms with van der Waals surface area (Å²) in [4.78, 5) is 9.48. The highest BCUT2D eigenvalue weighted by molar-refractivity contribution is 9.10. The summed E-state index contributed by atoms with van der Waals surface area (Å²) in [6, 6.07) is 29.0. The molecule has 0 saturated carbocycles. The lowest BCUT2D eigenvalue weighted by molar-refractivity contribution is -0.985. The summed E-state index contributed by atoms with van der Waals surface area (Å²) in [6.07, 6.45) is 16.6. The van der Waals surface area contributed by atoms with E-state index in [0.29, 0.717) is 36.9 Å². The van der Waals surface area contributed by atoms with Crippen LogP contribution in [-0.4, -0.2) is 70.4 Å². The standard InChI is InChI=1S/C52H59BrN4O2/c1-5-28-58-51(44-20-24-54-46-18-11-9-16-42(44)46)48-30-38-22-26-56(48,32-36(38)7-3)34-40-14-13-15-41(50(40)53)35-57-27-23-39(37(8-4)33-57)31-49(57)52(59-29-6-2)45-21-25-55-47-19-12-10-17-43(45)47/h5-21,24-25,36-39,48-49,51-52H,1-4,22-23,26-35H2/q+2/t36-,37-,38-,39-,48+,49+,51+,52+,56-,57-/m0/s1. The first kappa shape index (κ1) is 40.2. The van der Waals surface area contributed by atoms with Crippen molar-refractivity contribution < 1.29 is 18.4 Å². The van der Waals surface area contributed by atoms with Gasteiger partial charge in [0.1, 0.15) is 37.4 Å². The minimum absolute atomic E-state index is 0.0854. The van der Waals surface area contributed by atoms with Crippen molar-refractivity contribution in [2.45, 2.75) is 63.1 Å². The van der Waals surface area contributed by atoms with Crippen molar-refractivity contribution in [2.24, 2.45) is 23.7 Å². The van der Waals surface area contributed by atoms with Gasteiger partial charge in [0.25, 0.3) is 0 Å². The van der Waals surface area contributed by atoms with E-state index in [1.165, 1.54) is 50.3 Å². The van der Waals surface area contributed by atoms with Gasteiger partial charge in [0.15, 0.2) is 0 Å². The number of hydrogen-bond donors (Lipinski definition) is 0. The smallest absolute Gasteiger partial charge is 0.135 e. The fourth-order valence-electron chi connectivity index (χ4n) is 12.2. The zero-order valence-electron chi connectivity index (χ0n) is 34.4. The molecule has 8 heterocycles. The maximum atomic E-state index is 6.91. The Bertz CT molecular complexity index is 2190. The molecule has 0 N–H and O–H groups in total. The lowest BCUT2D eigenvalue weighted by Crippen LogP contribution is -2.68. The number of rotatable bonds is 16. The molecule has 7 heteroatoms. The van der Waals surface area contributed by atoms with Crippen molar-refractivity contribution in [3.05, 3.63) is 169 Å². The lowest BCUT2D eigenvalue weighted by atomic mass is 9.70. The molecule has 2 aromatic heterocycles. The molecular weight excluding hydrogens is 793 g/mol. The fraction of sp³-hybridized carbons (Fsp3) is 0.385. The predicted molar refractivity (Wildman–Crippen MR) is 243 cm³/mol. The Balaban J connectivity index is 1.09. The van der Waals surface area contributed by atoms with Crippen molar-refractivity contribution >= 4 is 37.7 Å². The first-order valence-corrected chi connectivity index (χ1v) is 22.6. The van der Waals surface area contributed by atoms with Crippen LogP contribution in [0.2, 0.25) is 0 Å². The number of halogens is 1. The average molecular weight is 852 g/mol. The summed E-state index contributed by atoms with van der Waals surface area (Å²) in [6.45, 7) is 24.1. The van der Waals surface area contributed by atoms with E-state index in [-0.39, 0.29) is 24.3 Å². The summed E-state index contributed by atoms with van der Waals surface area (Å²) < 4.78 is 17.0. The molecule has 11 rings (SSSR count). The Labute approximate surface area is 359 Å². The van der Waals surface area contributed by atoms with E-state index in [4.69, 9.17) is 19.4 Å². The second-order valence-corrected chi connectivity index (χ2v) is 18.7. The Morgan fingerprint density at radius 2 is 1.08 bits per heavy atom. The molecule has 59 heavy (non-hydrogen) atoms. The largest absolute Gasteiger partial charge is 0.363 e. The SMILES string of the molecule is C=CCO[C@H](c1ccnc2ccccc12)[C@H]1C[C@@H]2CC[N@@+]1(Cc1cccc(C[N@@+]34CC[C@@H](C[C@@H]3[C@H](OCC=C)c3ccnc5ccccc35)[C@@H](C=C)C4)c1Br)C[C@@H]2C=C. The van der Waals surface area contributed by atoms with Gasteiger partial charge in [0.2, 0.25) is 0 Å². The fourth-order valence-corrected chi connectivity index (χ4v) is 12.7. The number of quaternary nitrogens is 2. The number of aromatic nitrogens is 2. The lowest BCUT2D eigenvalue weighted by Gasteiger charge is -2.59. The van der Waals surface area contributed by atoms with Gasteiger partial charge in [-0.05, 0) is 63.2 Å². The van der Waals surface area contributed by atoms with Crippen LogP contribution in [0, 0.1) is 23.7 Å². The minimum Gasteiger partial charge on any atom is -0.363 e. The van der Waals surface area contributed by atoms with Crippen LogP contribution in [0.1, 0.15) is 60.1 Å². The summed E-state index contributed by atoms with van der Waals surface area (Å²) >= 11 is 4.32. The minimum atomic E-state index is -0.0854. The number of piperidine rings is 6. The molecule has 6 saturated heterocycles. The van der Waals surface area contributed by atoms with Crippen LogP contribution in [-0.2, 0) is 22.6 Å². The van der Waals surface area contributed by atoms with Gasteiger partial charge in [-0.2, -0.15) is 0 Å². The van der Waals surface area contributed by atoms with E-state index >= 15 is 0 Å². The molecule has 4 bridgehead atoms. The van der Waals surface area contributed by atoms with Crippen LogP contribution in [0.5, 0.6) is 0 Å². The van der Waals surface area contributed by atoms with Crippen molar-refractivity contribution in [2.75, 3.05) is 39.4 Å². The number of benzene rings is 3. The summed E-state index contributed by atoms with van der Waals surface area (Å²) in [5, 5.41) is 2.35. The average Bonchev–Trinajstić information content (AvgIpc) is 3.28. The third-order valence-corrected chi connectivity index (χ3v) is 16.0. The van der Waals surface area contributed by atoms with E-state index < -0.39 is 0 Å². The van der Waals surface area contributed by atoms with E-state index in [2.05, 4.69) is 133 Å². The predicted octanol–water partition coefficient (Wildman–Crippen LogP) is 11.3. The van der Waals surface area contributed by atoms with Crippen LogP contribution in [0.25, 0.3) is 21.8 Å². The highest BCUT2D eigenvalue weighted by Crippen LogP contribution is 2.52. The van der Waals surface area contributed by atoms with Gasteiger partial charge in [-0.15, -0.1) is 26.3 Å². The van der Waals surface area contributed by atoms with Gasteiger partial charge in [0, 0.05) is 76.3 Å². The Morgan fingerprint density at radius 1 is 0.627 bits per heavy atom. The molecule has 6 nitrogen and oxygen atoms in total. The van der Waals surface area contributed by atoms with Gasteiger partial charge in [-0.3, -0.25) is 9.97 Å². The molecular formula is C52H59BrN4O2+2. The van der Waals surface area contributed by atoms with E-state index in [1.807, 2.05) is 24.5 Å². The third-order valence-electron chi connectivity index (χ3n) is 14.9. The molecule has 0 unspecified atom stereocenters. The molecule has 6 aliphatic rings. The van der Waals surface area contributed by atoms with Crippen LogP contribution in [0.15, 0.2) is 146 Å². The van der Waals surface area contributed by atoms with Crippen LogP contribution < -0.4 is 0 Å². The number of hydrogen-bond acceptors (Lipinski definition) is 4. The molecule has 6 aliphatic heterocycles. The summed E-state index contributed by atoms with van der Waals surface area (Å²) in [5.41, 5.74) is 7.24. The molecule has 0 spiro atoms. The van der Waals surface area contributed by atoms with Gasteiger partial charge in [-0.1, -0.05) is 78.9 Å². The molecule has 10 atom stereocenters. The van der Waals surface area contributed by atoms with Gasteiger partial charge >= 0.3 is 0 Å². The molecule has 0 amide bonds. The Hall–Kier alpha value is -4.24. The molecule has 0 radical (unpaired) electrons. The zero-order chi connectivity index (χ0) is 40.6. The first-order valence-electron chi connectivity index (χ1n) is 21.8. The van der Waals surface area contributed by atoms with E-state index in [1.54, 1.807) is 0 Å². The second kappa shape index (κ2) is 17.0. The molecule has 6 fully saturated rings. The molecule has 3 aromatic carbocycles. The second-order valence-electron chi connectivity index (χ2n) is 17.9. The van der Waals surface area contributed by atoms with Gasteiger partial charge < -0.3 is 18.4 Å². The third kappa shape index (κ3) is 7.37. The Morgan fingerprint density at radius 3 is 1.53 bits per heavy atom. The zero-order valence-corrected chi connectivity index (χ0v) is 36.0. The number of fused-ring (bicyclic) bond motifs is 8. The van der Waals surface area contributed by atoms with E-state index in [9.17, 15) is 0 Å². The summed E-state index contributed by atoms with van der Waals surface area (Å²) in [7, 11) is 0. The first-order chi connectivity index (χ1) is 28.9. The van der Waals surface area contributed by atoms with Crippen LogP contribution >= 0.6 is 15.9 Å². The maximum Gasteiger partial charge on any atom is 0.135 e. The topological polar surface area (TPSA) is 44.2 Å². The van der Waals surface area contributed by atoms with E-state index in [0.717, 1.165) is 72.1 Å². The monoisotopic (exact) mass is 850 g/mol. The van der Waals surface area contributed by atoms with Crippen molar-refractivity contribution in [1.82, 2.24) is 9.97 Å².